The molecule has 3 heterocycles. The van der Waals surface area contributed by atoms with Crippen molar-refractivity contribution in [1.29, 1.82) is 0 Å². The summed E-state index contributed by atoms with van der Waals surface area (Å²) in [5.41, 5.74) is 2.71. The van der Waals surface area contributed by atoms with Crippen LogP contribution in [0.5, 0.6) is 0 Å². The van der Waals surface area contributed by atoms with Crippen LogP contribution in [0.4, 0.5) is 0 Å². The predicted octanol–water partition coefficient (Wildman–Crippen LogP) is 1.71. The van der Waals surface area contributed by atoms with E-state index in [2.05, 4.69) is 15.5 Å². The van der Waals surface area contributed by atoms with Gasteiger partial charge >= 0.3 is 0 Å². The molecular weight excluding hydrogens is 320 g/mol. The molecule has 2 amide bonds. The van der Waals surface area contributed by atoms with Gasteiger partial charge in [0.1, 0.15) is 5.76 Å². The number of rotatable bonds is 5. The molecule has 132 valence electrons. The number of amides is 2. The maximum Gasteiger partial charge on any atom is 0.225 e. The zero-order valence-corrected chi connectivity index (χ0v) is 14.7. The van der Waals surface area contributed by atoms with Crippen LogP contribution in [0.2, 0.25) is 0 Å². The smallest absolute Gasteiger partial charge is 0.225 e. The highest BCUT2D eigenvalue weighted by Crippen LogP contribution is 2.31. The fraction of sp³-hybridized carbons (Fsp3) is 0.444. The van der Waals surface area contributed by atoms with Crippen molar-refractivity contribution < 1.29 is 14.1 Å². The van der Waals surface area contributed by atoms with Gasteiger partial charge in [0.25, 0.3) is 0 Å². The van der Waals surface area contributed by atoms with Crippen LogP contribution >= 0.6 is 0 Å². The third-order valence-electron chi connectivity index (χ3n) is 4.74. The molecule has 2 atom stereocenters. The van der Waals surface area contributed by atoms with Gasteiger partial charge in [-0.15, -0.1) is 0 Å². The molecule has 25 heavy (non-hydrogen) atoms. The van der Waals surface area contributed by atoms with Gasteiger partial charge in [-0.05, 0) is 31.9 Å². The van der Waals surface area contributed by atoms with Crippen molar-refractivity contribution in [2.24, 2.45) is 0 Å². The van der Waals surface area contributed by atoms with E-state index in [1.54, 1.807) is 24.3 Å². The maximum atomic E-state index is 12.4. The molecule has 1 aliphatic heterocycles. The van der Waals surface area contributed by atoms with E-state index in [4.69, 9.17) is 4.52 Å². The third kappa shape index (κ3) is 3.55. The lowest BCUT2D eigenvalue weighted by Crippen LogP contribution is -2.39. The number of hydrogen-bond donors (Lipinski definition) is 1. The van der Waals surface area contributed by atoms with Gasteiger partial charge in [-0.1, -0.05) is 11.2 Å². The molecule has 0 spiro atoms. The van der Waals surface area contributed by atoms with Gasteiger partial charge in [0, 0.05) is 37.8 Å². The van der Waals surface area contributed by atoms with Crippen LogP contribution in [0.25, 0.3) is 0 Å². The Labute approximate surface area is 146 Å². The van der Waals surface area contributed by atoms with E-state index in [0.717, 1.165) is 22.6 Å². The zero-order chi connectivity index (χ0) is 18.0. The molecule has 0 aromatic carbocycles. The van der Waals surface area contributed by atoms with Crippen LogP contribution < -0.4 is 5.32 Å². The summed E-state index contributed by atoms with van der Waals surface area (Å²) in [6, 6.07) is 3.32. The monoisotopic (exact) mass is 342 g/mol. The summed E-state index contributed by atoms with van der Waals surface area (Å²) >= 11 is 0. The Balaban J connectivity index is 1.66. The number of carbonyl (C=O) groups excluding carboxylic acids is 2. The van der Waals surface area contributed by atoms with E-state index in [-0.39, 0.29) is 23.9 Å². The Hall–Kier alpha value is -2.70. The molecule has 0 aliphatic carbocycles. The fourth-order valence-electron chi connectivity index (χ4n) is 3.38. The molecule has 0 saturated carbocycles. The van der Waals surface area contributed by atoms with E-state index in [1.165, 1.54) is 0 Å². The first-order chi connectivity index (χ1) is 12.0. The highest BCUT2D eigenvalue weighted by atomic mass is 16.5. The topological polar surface area (TPSA) is 88.3 Å². The first-order valence-corrected chi connectivity index (χ1v) is 8.34. The van der Waals surface area contributed by atoms with Crippen molar-refractivity contribution in [2.75, 3.05) is 7.05 Å². The summed E-state index contributed by atoms with van der Waals surface area (Å²) in [6.07, 6.45) is 4.63. The minimum Gasteiger partial charge on any atom is -0.361 e. The van der Waals surface area contributed by atoms with Crippen LogP contribution in [0.1, 0.15) is 41.5 Å². The number of likely N-dealkylation sites (tertiary alicyclic amines) is 1. The van der Waals surface area contributed by atoms with Gasteiger partial charge in [0.2, 0.25) is 11.8 Å². The Morgan fingerprint density at radius 3 is 2.88 bits per heavy atom. The Morgan fingerprint density at radius 1 is 1.44 bits per heavy atom. The van der Waals surface area contributed by atoms with Crippen molar-refractivity contribution in [3.8, 4) is 0 Å². The van der Waals surface area contributed by atoms with Gasteiger partial charge in [-0.2, -0.15) is 0 Å². The average molecular weight is 342 g/mol. The highest BCUT2D eigenvalue weighted by molar-refractivity contribution is 5.83. The Kier molecular flexibility index (Phi) is 4.83. The van der Waals surface area contributed by atoms with Crippen molar-refractivity contribution in [3.05, 3.63) is 47.1 Å². The molecule has 0 radical (unpaired) electrons. The van der Waals surface area contributed by atoms with E-state index >= 15 is 0 Å². The van der Waals surface area contributed by atoms with E-state index in [9.17, 15) is 9.59 Å². The highest BCUT2D eigenvalue weighted by Gasteiger charge is 2.39. The number of hydrogen-bond acceptors (Lipinski definition) is 5. The Morgan fingerprint density at radius 2 is 2.24 bits per heavy atom. The molecular formula is C18H22N4O3. The number of pyridine rings is 1. The van der Waals surface area contributed by atoms with Crippen LogP contribution in [0.15, 0.2) is 29.0 Å². The lowest BCUT2D eigenvalue weighted by Gasteiger charge is -2.25. The standard InChI is InChI=1S/C18H22N4O3/c1-11-14(12(2)25-21-11)6-7-16(23)20-15-9-17(24)22(3)18(15)13-5-4-8-19-10-13/h4-5,8,10,15,18H,6-7,9H2,1-3H3,(H,20,23)/t15-,18+/m1/s1. The molecule has 0 bridgehead atoms. The number of carbonyl (C=O) groups is 2. The van der Waals surface area contributed by atoms with E-state index in [1.807, 2.05) is 26.0 Å². The number of nitrogens with one attached hydrogen (secondary N) is 1. The summed E-state index contributed by atoms with van der Waals surface area (Å²) in [6.45, 7) is 3.71. The summed E-state index contributed by atoms with van der Waals surface area (Å²) in [5.74, 6) is 0.682. The molecule has 1 fully saturated rings. The summed E-state index contributed by atoms with van der Waals surface area (Å²) < 4.78 is 5.12. The molecule has 1 aliphatic rings. The van der Waals surface area contributed by atoms with Gasteiger partial charge in [-0.25, -0.2) is 0 Å². The molecule has 7 heteroatoms. The Bertz CT molecular complexity index is 752. The summed E-state index contributed by atoms with van der Waals surface area (Å²) in [7, 11) is 1.76. The van der Waals surface area contributed by atoms with Crippen LogP contribution in [0, 0.1) is 13.8 Å². The molecule has 1 saturated heterocycles. The van der Waals surface area contributed by atoms with Crippen LogP contribution in [-0.4, -0.2) is 39.9 Å². The normalized spacial score (nSPS) is 20.1. The first kappa shape index (κ1) is 17.1. The lowest BCUT2D eigenvalue weighted by atomic mass is 10.0. The molecule has 1 N–H and O–H groups in total. The van der Waals surface area contributed by atoms with Crippen molar-refractivity contribution >= 4 is 11.8 Å². The molecule has 0 unspecified atom stereocenters. The number of nitrogens with zero attached hydrogens (tertiary/aromatic N) is 3. The molecule has 2 aromatic rings. The second-order valence-electron chi connectivity index (χ2n) is 6.42. The average Bonchev–Trinajstić information content (AvgIpc) is 3.06. The largest absolute Gasteiger partial charge is 0.361 e. The fourth-order valence-corrected chi connectivity index (χ4v) is 3.38. The SMILES string of the molecule is Cc1noc(C)c1CCC(=O)N[C@@H]1CC(=O)N(C)[C@H]1c1cccnc1. The van der Waals surface area contributed by atoms with Crippen molar-refractivity contribution in [2.45, 2.75) is 45.2 Å². The van der Waals surface area contributed by atoms with Gasteiger partial charge in [0.15, 0.2) is 0 Å². The minimum atomic E-state index is -0.251. The van der Waals surface area contributed by atoms with Crippen molar-refractivity contribution in [1.82, 2.24) is 20.4 Å². The summed E-state index contributed by atoms with van der Waals surface area (Å²) in [5, 5.41) is 6.91. The van der Waals surface area contributed by atoms with Gasteiger partial charge < -0.3 is 14.7 Å². The third-order valence-corrected chi connectivity index (χ3v) is 4.74. The molecule has 3 rings (SSSR count). The predicted molar refractivity (Wildman–Crippen MR) is 90.6 cm³/mol. The first-order valence-electron chi connectivity index (χ1n) is 8.34. The van der Waals surface area contributed by atoms with Gasteiger partial charge in [-0.3, -0.25) is 14.6 Å². The lowest BCUT2D eigenvalue weighted by molar-refractivity contribution is -0.127. The van der Waals surface area contributed by atoms with E-state index < -0.39 is 0 Å². The summed E-state index contributed by atoms with van der Waals surface area (Å²) in [4.78, 5) is 30.3. The van der Waals surface area contributed by atoms with Crippen LogP contribution in [-0.2, 0) is 16.0 Å². The quantitative estimate of drug-likeness (QED) is 0.893. The molecule has 2 aromatic heterocycles. The maximum absolute atomic E-state index is 12.4. The molecule has 7 nitrogen and oxygen atoms in total. The number of aromatic nitrogens is 2. The second-order valence-corrected chi connectivity index (χ2v) is 6.42. The van der Waals surface area contributed by atoms with Crippen LogP contribution in [0.3, 0.4) is 0 Å². The number of likely N-dealkylation sites (N-methyl/N-ethyl adjacent to an activating group) is 1. The number of aryl methyl sites for hydroxylation is 2. The zero-order valence-electron chi connectivity index (χ0n) is 14.7. The minimum absolute atomic E-state index is 0.0184. The van der Waals surface area contributed by atoms with E-state index in [0.29, 0.717) is 19.3 Å². The van der Waals surface area contributed by atoms with Crippen molar-refractivity contribution in [3.63, 3.8) is 0 Å². The van der Waals surface area contributed by atoms with Gasteiger partial charge in [0.05, 0.1) is 17.8 Å². The second kappa shape index (κ2) is 7.04.